The van der Waals surface area contributed by atoms with Crippen LogP contribution in [0, 0.1) is 24.0 Å². The number of amidine groups is 1. The van der Waals surface area contributed by atoms with E-state index in [9.17, 15) is 8.78 Å². The lowest BCUT2D eigenvalue weighted by Crippen LogP contribution is -2.51. The maximum absolute atomic E-state index is 14.5. The average molecular weight is 436 g/mol. The molecule has 0 atom stereocenters. The fraction of sp³-hybridized carbons (Fsp3) is 0.348. The van der Waals surface area contributed by atoms with E-state index >= 15 is 0 Å². The second-order valence-corrected chi connectivity index (χ2v) is 8.78. The first-order valence-electron chi connectivity index (χ1n) is 10.7. The van der Waals surface area contributed by atoms with Crippen LogP contribution >= 0.6 is 0 Å². The summed E-state index contributed by atoms with van der Waals surface area (Å²) < 4.78 is 34.5. The molecule has 0 unspecified atom stereocenters. The highest BCUT2D eigenvalue weighted by molar-refractivity contribution is 6.13. The highest BCUT2D eigenvalue weighted by Gasteiger charge is 2.41. The Balaban J connectivity index is 1.40. The van der Waals surface area contributed by atoms with Crippen LogP contribution < -0.4 is 10.2 Å². The van der Waals surface area contributed by atoms with Crippen LogP contribution in [0.25, 0.3) is 11.3 Å². The number of hydrogen-bond donors (Lipinski definition) is 2. The molecule has 0 radical (unpaired) electrons. The zero-order valence-electron chi connectivity index (χ0n) is 17.6. The Morgan fingerprint density at radius 2 is 1.88 bits per heavy atom. The molecule has 0 bridgehead atoms. The maximum atomic E-state index is 14.5. The number of nitrogens with zero attached hydrogens (tertiary/aromatic N) is 4. The van der Waals surface area contributed by atoms with E-state index in [1.807, 2.05) is 13.0 Å². The van der Waals surface area contributed by atoms with Gasteiger partial charge in [0.25, 0.3) is 0 Å². The summed E-state index contributed by atoms with van der Waals surface area (Å²) in [7, 11) is 0. The summed E-state index contributed by atoms with van der Waals surface area (Å²) >= 11 is 0. The highest BCUT2D eigenvalue weighted by Crippen LogP contribution is 2.42. The molecule has 6 rings (SSSR count). The molecule has 0 aliphatic carbocycles. The molecule has 164 valence electrons. The standard InChI is InChI=1S/C23H22F2N6O/c1-13-20-21(30-29-13)14-9-18(31-7-5-23(6-8-31)11-32-12-23)26-10-17(14)27-22(28-20)19-15(24)3-2-4-16(19)25/h2-4,9-10H,5-8,11-12H2,1H3,(H,27,28)(H,29,30). The first-order chi connectivity index (χ1) is 15.5. The first-order valence-corrected chi connectivity index (χ1v) is 10.7. The van der Waals surface area contributed by atoms with Crippen molar-refractivity contribution in [2.24, 2.45) is 10.4 Å². The third kappa shape index (κ3) is 2.99. The number of nitrogens with one attached hydrogen (secondary N) is 2. The number of ether oxygens (including phenoxy) is 1. The number of rotatable bonds is 2. The molecular formula is C23H22F2N6O. The number of benzene rings is 1. The summed E-state index contributed by atoms with van der Waals surface area (Å²) in [6.07, 6.45) is 3.86. The van der Waals surface area contributed by atoms with Gasteiger partial charge in [0.2, 0.25) is 0 Å². The van der Waals surface area contributed by atoms with Gasteiger partial charge >= 0.3 is 0 Å². The van der Waals surface area contributed by atoms with Crippen LogP contribution in [0.1, 0.15) is 24.1 Å². The number of piperidine rings is 1. The zero-order valence-corrected chi connectivity index (χ0v) is 17.6. The number of pyridine rings is 1. The first kappa shape index (κ1) is 19.4. The van der Waals surface area contributed by atoms with Crippen LogP contribution in [0.3, 0.4) is 0 Å². The summed E-state index contributed by atoms with van der Waals surface area (Å²) in [6, 6.07) is 5.76. The summed E-state index contributed by atoms with van der Waals surface area (Å²) in [6.45, 7) is 5.35. The number of hydrogen-bond acceptors (Lipinski definition) is 6. The molecule has 5 heterocycles. The van der Waals surface area contributed by atoms with Crippen LogP contribution in [0.15, 0.2) is 35.5 Å². The Morgan fingerprint density at radius 1 is 1.12 bits per heavy atom. The topological polar surface area (TPSA) is 78.4 Å². The van der Waals surface area contributed by atoms with Crippen molar-refractivity contribution in [1.29, 1.82) is 0 Å². The number of aromatic nitrogens is 3. The summed E-state index contributed by atoms with van der Waals surface area (Å²) in [4.78, 5) is 11.5. The van der Waals surface area contributed by atoms with E-state index in [1.54, 1.807) is 6.20 Å². The number of aryl methyl sites for hydroxylation is 1. The molecule has 3 aliphatic heterocycles. The Kier molecular flexibility index (Phi) is 4.29. The quantitative estimate of drug-likeness (QED) is 0.630. The Morgan fingerprint density at radius 3 is 2.56 bits per heavy atom. The van der Waals surface area contributed by atoms with Gasteiger partial charge in [0.1, 0.15) is 29.0 Å². The Bertz CT molecular complexity index is 1220. The molecule has 2 N–H and O–H groups in total. The molecular weight excluding hydrogens is 414 g/mol. The maximum Gasteiger partial charge on any atom is 0.144 e. The van der Waals surface area contributed by atoms with E-state index in [-0.39, 0.29) is 11.4 Å². The van der Waals surface area contributed by atoms with Crippen LogP contribution in [0.4, 0.5) is 26.0 Å². The normalized spacial score (nSPS) is 18.8. The van der Waals surface area contributed by atoms with Gasteiger partial charge in [-0.05, 0) is 38.0 Å². The van der Waals surface area contributed by atoms with Crippen molar-refractivity contribution in [1.82, 2.24) is 15.2 Å². The van der Waals surface area contributed by atoms with Gasteiger partial charge in [-0.1, -0.05) is 6.07 Å². The van der Waals surface area contributed by atoms with E-state index < -0.39 is 11.6 Å². The number of fused-ring (bicyclic) bond motifs is 3. The minimum atomic E-state index is -0.686. The number of H-pyrrole nitrogens is 1. The molecule has 3 aliphatic rings. The van der Waals surface area contributed by atoms with Crippen molar-refractivity contribution in [2.45, 2.75) is 19.8 Å². The molecule has 2 saturated heterocycles. The summed E-state index contributed by atoms with van der Waals surface area (Å²) in [5.74, 6) is -0.424. The SMILES string of the molecule is Cc1n[nH]c2c1N=C(c1c(F)cccc1F)Nc1cnc(N3CCC4(CC3)COC4)cc1-2. The second kappa shape index (κ2) is 7.09. The molecule has 32 heavy (non-hydrogen) atoms. The van der Waals surface area contributed by atoms with E-state index in [2.05, 4.69) is 30.4 Å². The Labute approximate surface area is 183 Å². The van der Waals surface area contributed by atoms with Crippen molar-refractivity contribution < 1.29 is 13.5 Å². The van der Waals surface area contributed by atoms with Crippen molar-refractivity contribution in [3.63, 3.8) is 0 Å². The molecule has 2 aromatic heterocycles. The third-order valence-electron chi connectivity index (χ3n) is 6.71. The third-order valence-corrected chi connectivity index (χ3v) is 6.71. The van der Waals surface area contributed by atoms with Gasteiger partial charge < -0.3 is 15.0 Å². The number of anilines is 2. The fourth-order valence-electron chi connectivity index (χ4n) is 4.67. The molecule has 0 amide bonds. The van der Waals surface area contributed by atoms with E-state index in [4.69, 9.17) is 4.74 Å². The Hall–Kier alpha value is -3.33. The van der Waals surface area contributed by atoms with E-state index in [0.29, 0.717) is 28.2 Å². The molecule has 3 aromatic rings. The van der Waals surface area contributed by atoms with Gasteiger partial charge in [-0.2, -0.15) is 5.10 Å². The van der Waals surface area contributed by atoms with Gasteiger partial charge in [0, 0.05) is 24.1 Å². The van der Waals surface area contributed by atoms with Crippen molar-refractivity contribution in [3.8, 4) is 11.3 Å². The van der Waals surface area contributed by atoms with Gasteiger partial charge in [-0.3, -0.25) is 5.10 Å². The molecule has 7 nitrogen and oxygen atoms in total. The average Bonchev–Trinajstić information content (AvgIpc) is 3.04. The number of aromatic amines is 1. The summed E-state index contributed by atoms with van der Waals surface area (Å²) in [5, 5.41) is 10.4. The largest absolute Gasteiger partial charge is 0.380 e. The minimum Gasteiger partial charge on any atom is -0.380 e. The molecule has 1 spiro atoms. The molecule has 1 aromatic carbocycles. The van der Waals surface area contributed by atoms with Gasteiger partial charge in [0.05, 0.1) is 42.0 Å². The molecule has 0 saturated carbocycles. The lowest BCUT2D eigenvalue weighted by molar-refractivity contribution is -0.124. The molecule has 9 heteroatoms. The van der Waals surface area contributed by atoms with Crippen molar-refractivity contribution >= 4 is 23.0 Å². The number of halogens is 2. The highest BCUT2D eigenvalue weighted by atomic mass is 19.1. The minimum absolute atomic E-state index is 0.0875. The van der Waals surface area contributed by atoms with Crippen molar-refractivity contribution in [2.75, 3.05) is 36.5 Å². The van der Waals surface area contributed by atoms with E-state index in [1.165, 1.54) is 18.2 Å². The van der Waals surface area contributed by atoms with E-state index in [0.717, 1.165) is 50.5 Å². The van der Waals surface area contributed by atoms with Crippen LogP contribution in [-0.4, -0.2) is 47.3 Å². The monoisotopic (exact) mass is 436 g/mol. The zero-order chi connectivity index (χ0) is 21.9. The van der Waals surface area contributed by atoms with Crippen LogP contribution in [0.2, 0.25) is 0 Å². The van der Waals surface area contributed by atoms with Crippen LogP contribution in [0.5, 0.6) is 0 Å². The lowest BCUT2D eigenvalue weighted by Gasteiger charge is -2.47. The molecule has 2 fully saturated rings. The summed E-state index contributed by atoms with van der Waals surface area (Å²) in [5.41, 5.74) is 3.44. The van der Waals surface area contributed by atoms with Gasteiger partial charge in [0.15, 0.2) is 0 Å². The van der Waals surface area contributed by atoms with Crippen molar-refractivity contribution in [3.05, 3.63) is 53.4 Å². The second-order valence-electron chi connectivity index (χ2n) is 8.78. The smallest absolute Gasteiger partial charge is 0.144 e. The van der Waals surface area contributed by atoms with Gasteiger partial charge in [-0.15, -0.1) is 0 Å². The van der Waals surface area contributed by atoms with Crippen LogP contribution in [-0.2, 0) is 4.74 Å². The fourth-order valence-corrected chi connectivity index (χ4v) is 4.67. The lowest BCUT2D eigenvalue weighted by atomic mass is 9.77. The predicted octanol–water partition coefficient (Wildman–Crippen LogP) is 4.18. The number of aliphatic imine (C=N–C) groups is 1. The van der Waals surface area contributed by atoms with Gasteiger partial charge in [-0.25, -0.2) is 18.8 Å². The predicted molar refractivity (Wildman–Crippen MR) is 117 cm³/mol.